The van der Waals surface area contributed by atoms with Gasteiger partial charge in [0.2, 0.25) is 0 Å². The van der Waals surface area contributed by atoms with Gasteiger partial charge in [-0.05, 0) is 18.2 Å². The Morgan fingerprint density at radius 3 is 2.42 bits per heavy atom. The minimum atomic E-state index is -1.47. The van der Waals surface area contributed by atoms with E-state index in [1.54, 1.807) is 0 Å². The van der Waals surface area contributed by atoms with Gasteiger partial charge < -0.3 is 6.53 Å². The molecule has 0 aliphatic carbocycles. The first-order chi connectivity index (χ1) is 5.11. The van der Waals surface area contributed by atoms with Crippen LogP contribution in [0.4, 0.5) is 8.78 Å². The summed E-state index contributed by atoms with van der Waals surface area (Å²) in [5, 5.41) is 8.28. The van der Waals surface area contributed by atoms with Gasteiger partial charge >= 0.3 is 35.5 Å². The van der Waals surface area contributed by atoms with E-state index < -0.39 is 23.2 Å². The maximum absolute atomic E-state index is 12.5. The Bertz CT molecular complexity index is 307. The van der Waals surface area contributed by atoms with Crippen molar-refractivity contribution in [3.05, 3.63) is 35.4 Å². The maximum Gasteiger partial charge on any atom is 1.00 e. The Morgan fingerprint density at radius 1 is 1.42 bits per heavy atom. The van der Waals surface area contributed by atoms with Crippen LogP contribution in [0.15, 0.2) is 18.2 Å². The van der Waals surface area contributed by atoms with Crippen LogP contribution in [0.1, 0.15) is 11.8 Å². The summed E-state index contributed by atoms with van der Waals surface area (Å²) in [5.41, 5.74) is -0.648. The van der Waals surface area contributed by atoms with Crippen LogP contribution in [0.2, 0.25) is 0 Å². The SMILES string of the molecule is O=C(O)c1cc(F)ccc1F.[H-].[Na+]. The molecule has 0 aliphatic rings. The summed E-state index contributed by atoms with van der Waals surface area (Å²) in [7, 11) is 0. The van der Waals surface area contributed by atoms with E-state index in [9.17, 15) is 13.6 Å². The summed E-state index contributed by atoms with van der Waals surface area (Å²) < 4.78 is 24.8. The Hall–Kier alpha value is -0.450. The second kappa shape index (κ2) is 4.54. The average molecular weight is 182 g/mol. The van der Waals surface area contributed by atoms with Crippen LogP contribution in [0.3, 0.4) is 0 Å². The number of carbonyl (C=O) groups is 1. The molecule has 1 N–H and O–H groups in total. The summed E-state index contributed by atoms with van der Waals surface area (Å²) in [5.74, 6) is -3.16. The third-order valence-electron chi connectivity index (χ3n) is 1.16. The first kappa shape index (κ1) is 11.6. The van der Waals surface area contributed by atoms with Crippen molar-refractivity contribution in [2.24, 2.45) is 0 Å². The second-order valence-electron chi connectivity index (χ2n) is 1.93. The molecule has 0 aromatic heterocycles. The molecule has 0 aliphatic heterocycles. The molecule has 0 fully saturated rings. The molecule has 1 rings (SSSR count). The van der Waals surface area contributed by atoms with Gasteiger partial charge in [-0.1, -0.05) is 0 Å². The fraction of sp³-hybridized carbons (Fsp3) is 0. The van der Waals surface area contributed by atoms with Crippen LogP contribution in [0.5, 0.6) is 0 Å². The van der Waals surface area contributed by atoms with E-state index in [-0.39, 0.29) is 31.0 Å². The Morgan fingerprint density at radius 2 is 2.00 bits per heavy atom. The standard InChI is InChI=1S/C7H4F2O2.Na.H/c8-4-1-2-6(9)5(3-4)7(10)11;;/h1-3H,(H,10,11);;/q;+1;-1. The molecule has 60 valence electrons. The van der Waals surface area contributed by atoms with Crippen LogP contribution in [-0.2, 0) is 0 Å². The van der Waals surface area contributed by atoms with Gasteiger partial charge in [0.15, 0.2) is 0 Å². The van der Waals surface area contributed by atoms with E-state index in [1.807, 2.05) is 0 Å². The number of hydrogen-bond acceptors (Lipinski definition) is 1. The normalized spacial score (nSPS) is 8.83. The third-order valence-corrected chi connectivity index (χ3v) is 1.16. The van der Waals surface area contributed by atoms with Crippen LogP contribution in [0, 0.1) is 11.6 Å². The summed E-state index contributed by atoms with van der Waals surface area (Å²) in [6, 6.07) is 2.28. The predicted octanol–water partition coefficient (Wildman–Crippen LogP) is -1.22. The molecule has 12 heavy (non-hydrogen) atoms. The maximum atomic E-state index is 12.5. The molecule has 1 aromatic rings. The van der Waals surface area contributed by atoms with E-state index >= 15 is 0 Å². The number of hydrogen-bond donors (Lipinski definition) is 1. The number of benzene rings is 1. The monoisotopic (exact) mass is 182 g/mol. The molecule has 0 heterocycles. The molecule has 0 spiro atoms. The zero-order chi connectivity index (χ0) is 8.43. The van der Waals surface area contributed by atoms with Gasteiger partial charge in [0, 0.05) is 0 Å². The zero-order valence-electron chi connectivity index (χ0n) is 7.34. The number of aromatic carboxylic acids is 1. The molecule has 5 heteroatoms. The smallest absolute Gasteiger partial charge is 1.00 e. The number of halogens is 2. The Balaban J connectivity index is 0. The van der Waals surface area contributed by atoms with Crippen molar-refractivity contribution in [2.45, 2.75) is 0 Å². The first-order valence-corrected chi connectivity index (χ1v) is 2.79. The molecule has 0 bridgehead atoms. The van der Waals surface area contributed by atoms with Gasteiger partial charge in [-0.15, -0.1) is 0 Å². The molecule has 0 unspecified atom stereocenters. The Labute approximate surface area is 91.0 Å². The third kappa shape index (κ3) is 2.55. The largest absolute Gasteiger partial charge is 1.00 e. The molecule has 0 atom stereocenters. The molecular weight excluding hydrogens is 177 g/mol. The quantitative estimate of drug-likeness (QED) is 0.553. The van der Waals surface area contributed by atoms with Crippen molar-refractivity contribution in [3.8, 4) is 0 Å². The summed E-state index contributed by atoms with van der Waals surface area (Å²) in [6.07, 6.45) is 0. The fourth-order valence-corrected chi connectivity index (χ4v) is 0.661. The summed E-state index contributed by atoms with van der Waals surface area (Å²) in [4.78, 5) is 10.2. The van der Waals surface area contributed by atoms with Gasteiger partial charge in [0.1, 0.15) is 11.6 Å². The van der Waals surface area contributed by atoms with E-state index in [2.05, 4.69) is 0 Å². The van der Waals surface area contributed by atoms with E-state index in [4.69, 9.17) is 5.11 Å². The number of rotatable bonds is 1. The van der Waals surface area contributed by atoms with E-state index in [0.29, 0.717) is 6.07 Å². The molecule has 0 saturated heterocycles. The molecule has 2 nitrogen and oxygen atoms in total. The van der Waals surface area contributed by atoms with Crippen molar-refractivity contribution in [2.75, 3.05) is 0 Å². The summed E-state index contributed by atoms with van der Waals surface area (Å²) in [6.45, 7) is 0. The van der Waals surface area contributed by atoms with Crippen molar-refractivity contribution in [1.29, 1.82) is 0 Å². The van der Waals surface area contributed by atoms with Gasteiger partial charge in [-0.2, -0.15) is 0 Å². The van der Waals surface area contributed by atoms with Gasteiger partial charge in [0.05, 0.1) is 5.56 Å². The van der Waals surface area contributed by atoms with Crippen LogP contribution in [0.25, 0.3) is 0 Å². The van der Waals surface area contributed by atoms with Crippen LogP contribution in [-0.4, -0.2) is 11.1 Å². The minimum Gasteiger partial charge on any atom is -1.00 e. The zero-order valence-corrected chi connectivity index (χ0v) is 8.34. The molecule has 1 aromatic carbocycles. The number of carboxylic acids is 1. The van der Waals surface area contributed by atoms with Crippen molar-refractivity contribution in [3.63, 3.8) is 0 Å². The average Bonchev–Trinajstić information content (AvgIpc) is 1.94. The Kier molecular flexibility index (Phi) is 4.37. The fourth-order valence-electron chi connectivity index (χ4n) is 0.661. The molecule has 0 saturated carbocycles. The van der Waals surface area contributed by atoms with E-state index in [1.165, 1.54) is 0 Å². The van der Waals surface area contributed by atoms with Gasteiger partial charge in [-0.25, -0.2) is 13.6 Å². The first-order valence-electron chi connectivity index (χ1n) is 2.79. The molecule has 0 radical (unpaired) electrons. The summed E-state index contributed by atoms with van der Waals surface area (Å²) >= 11 is 0. The minimum absolute atomic E-state index is 0. The van der Waals surface area contributed by atoms with Crippen LogP contribution < -0.4 is 29.6 Å². The predicted molar refractivity (Wildman–Crippen MR) is 34.4 cm³/mol. The molecular formula is C7H5F2NaO2. The second-order valence-corrected chi connectivity index (χ2v) is 1.93. The van der Waals surface area contributed by atoms with Gasteiger partial charge in [0.25, 0.3) is 0 Å². The van der Waals surface area contributed by atoms with Crippen molar-refractivity contribution < 1.29 is 49.7 Å². The van der Waals surface area contributed by atoms with Crippen LogP contribution >= 0.6 is 0 Å². The van der Waals surface area contributed by atoms with Crippen molar-refractivity contribution >= 4 is 5.97 Å². The van der Waals surface area contributed by atoms with Crippen molar-refractivity contribution in [1.82, 2.24) is 0 Å². The topological polar surface area (TPSA) is 37.3 Å². The van der Waals surface area contributed by atoms with E-state index in [0.717, 1.165) is 12.1 Å². The van der Waals surface area contributed by atoms with Gasteiger partial charge in [-0.3, -0.25) is 0 Å². The number of carboxylic acid groups (broad SMARTS) is 1. The molecule has 0 amide bonds.